The predicted octanol–water partition coefficient (Wildman–Crippen LogP) is 1.04. The van der Waals surface area contributed by atoms with E-state index in [0.29, 0.717) is 12.4 Å². The van der Waals surface area contributed by atoms with Crippen molar-refractivity contribution in [3.63, 3.8) is 0 Å². The predicted molar refractivity (Wildman–Crippen MR) is 77.0 cm³/mol. The summed E-state index contributed by atoms with van der Waals surface area (Å²) in [7, 11) is 1.60. The molecule has 0 fully saturated rings. The van der Waals surface area contributed by atoms with E-state index in [0.717, 1.165) is 17.4 Å². The summed E-state index contributed by atoms with van der Waals surface area (Å²) in [4.78, 5) is 15.2. The number of methoxy groups -OCH3 is 1. The van der Waals surface area contributed by atoms with Crippen molar-refractivity contribution >= 4 is 16.8 Å². The van der Waals surface area contributed by atoms with Crippen molar-refractivity contribution in [2.24, 2.45) is 5.73 Å². The highest BCUT2D eigenvalue weighted by Crippen LogP contribution is 2.19. The average molecular weight is 285 g/mol. The van der Waals surface area contributed by atoms with Crippen molar-refractivity contribution in [1.29, 1.82) is 0 Å². The molecule has 7 nitrogen and oxygen atoms in total. The van der Waals surface area contributed by atoms with Crippen LogP contribution in [0.25, 0.3) is 10.9 Å². The number of primary amides is 1. The van der Waals surface area contributed by atoms with Crippen molar-refractivity contribution in [2.75, 3.05) is 7.11 Å². The van der Waals surface area contributed by atoms with E-state index in [4.69, 9.17) is 10.5 Å². The Balaban J connectivity index is 1.77. The molecule has 3 rings (SSSR count). The van der Waals surface area contributed by atoms with Crippen LogP contribution in [0.5, 0.6) is 5.88 Å². The molecule has 0 spiro atoms. The van der Waals surface area contributed by atoms with Gasteiger partial charge in [0.1, 0.15) is 5.69 Å². The van der Waals surface area contributed by atoms with Crippen LogP contribution in [0, 0.1) is 0 Å². The molecule has 0 aliphatic carbocycles. The summed E-state index contributed by atoms with van der Waals surface area (Å²) < 4.78 is 8.88. The first-order chi connectivity index (χ1) is 10.2. The zero-order valence-corrected chi connectivity index (χ0v) is 11.6. The molecule has 0 aliphatic heterocycles. The molecule has 3 heterocycles. The second-order valence-electron chi connectivity index (χ2n) is 4.62. The summed E-state index contributed by atoms with van der Waals surface area (Å²) in [5, 5.41) is 5.18. The third kappa shape index (κ3) is 2.58. The molecule has 0 saturated heterocycles. The van der Waals surface area contributed by atoms with Gasteiger partial charge in [0.25, 0.3) is 5.91 Å². The summed E-state index contributed by atoms with van der Waals surface area (Å²) in [6, 6.07) is 5.52. The van der Waals surface area contributed by atoms with Gasteiger partial charge in [0.2, 0.25) is 5.88 Å². The lowest BCUT2D eigenvalue weighted by atomic mass is 10.3. The van der Waals surface area contributed by atoms with Gasteiger partial charge in [0.05, 0.1) is 25.4 Å². The molecule has 1 amide bonds. The van der Waals surface area contributed by atoms with Gasteiger partial charge in [-0.2, -0.15) is 5.10 Å². The third-order valence-corrected chi connectivity index (χ3v) is 3.30. The van der Waals surface area contributed by atoms with Gasteiger partial charge in [-0.15, -0.1) is 0 Å². The summed E-state index contributed by atoms with van der Waals surface area (Å²) >= 11 is 0. The monoisotopic (exact) mass is 285 g/mol. The Morgan fingerprint density at radius 2 is 2.19 bits per heavy atom. The second kappa shape index (κ2) is 5.28. The first kappa shape index (κ1) is 13.2. The standard InChI is InChI=1S/C14H15N5O2/c1-21-13-8-10-2-4-18(12(10)9-16-13)6-7-19-5-3-11(17-19)14(15)20/h2-5,8-9H,6-7H2,1H3,(H2,15,20). The number of pyridine rings is 1. The van der Waals surface area contributed by atoms with E-state index in [2.05, 4.69) is 14.6 Å². The van der Waals surface area contributed by atoms with E-state index in [1.165, 1.54) is 0 Å². The molecule has 3 aromatic rings. The van der Waals surface area contributed by atoms with Gasteiger partial charge in [-0.1, -0.05) is 0 Å². The van der Waals surface area contributed by atoms with Crippen LogP contribution < -0.4 is 10.5 Å². The molecular weight excluding hydrogens is 270 g/mol. The Bertz CT molecular complexity index is 790. The fourth-order valence-electron chi connectivity index (χ4n) is 2.20. The molecule has 0 aliphatic rings. The van der Waals surface area contributed by atoms with Gasteiger partial charge in [-0.25, -0.2) is 4.98 Å². The molecule has 0 atom stereocenters. The number of rotatable bonds is 5. The van der Waals surface area contributed by atoms with Crippen molar-refractivity contribution in [2.45, 2.75) is 13.1 Å². The maximum Gasteiger partial charge on any atom is 0.269 e. The van der Waals surface area contributed by atoms with Crippen molar-refractivity contribution in [3.05, 3.63) is 42.5 Å². The van der Waals surface area contributed by atoms with E-state index < -0.39 is 5.91 Å². The number of carbonyl (C=O) groups is 1. The summed E-state index contributed by atoms with van der Waals surface area (Å²) in [5.74, 6) is 0.0786. The topological polar surface area (TPSA) is 88.0 Å². The third-order valence-electron chi connectivity index (χ3n) is 3.30. The summed E-state index contributed by atoms with van der Waals surface area (Å²) in [6.45, 7) is 1.36. The van der Waals surface area contributed by atoms with Crippen LogP contribution in [0.1, 0.15) is 10.5 Å². The van der Waals surface area contributed by atoms with Crippen molar-refractivity contribution < 1.29 is 9.53 Å². The van der Waals surface area contributed by atoms with E-state index in [-0.39, 0.29) is 5.69 Å². The minimum absolute atomic E-state index is 0.277. The molecule has 0 aromatic carbocycles. The van der Waals surface area contributed by atoms with Gasteiger partial charge < -0.3 is 15.0 Å². The summed E-state index contributed by atoms with van der Waals surface area (Å²) in [5.41, 5.74) is 6.48. The van der Waals surface area contributed by atoms with Crippen LogP contribution in [0.3, 0.4) is 0 Å². The zero-order chi connectivity index (χ0) is 14.8. The zero-order valence-electron chi connectivity index (χ0n) is 11.6. The number of hydrogen-bond acceptors (Lipinski definition) is 4. The normalized spacial score (nSPS) is 10.9. The minimum Gasteiger partial charge on any atom is -0.481 e. The molecule has 108 valence electrons. The van der Waals surface area contributed by atoms with Gasteiger partial charge in [-0.05, 0) is 12.1 Å². The van der Waals surface area contributed by atoms with E-state index in [1.807, 2.05) is 18.3 Å². The smallest absolute Gasteiger partial charge is 0.269 e. The van der Waals surface area contributed by atoms with Crippen molar-refractivity contribution in [3.8, 4) is 5.88 Å². The fraction of sp³-hybridized carbons (Fsp3) is 0.214. The lowest BCUT2D eigenvalue weighted by Crippen LogP contribution is -2.13. The molecule has 0 radical (unpaired) electrons. The van der Waals surface area contributed by atoms with Crippen LogP contribution in [0.2, 0.25) is 0 Å². The molecule has 3 aromatic heterocycles. The lowest BCUT2D eigenvalue weighted by Gasteiger charge is -2.06. The Hall–Kier alpha value is -2.83. The van der Waals surface area contributed by atoms with Gasteiger partial charge in [0, 0.05) is 30.4 Å². The molecule has 0 unspecified atom stereocenters. The number of carbonyl (C=O) groups excluding carboxylic acids is 1. The Kier molecular flexibility index (Phi) is 3.31. The highest BCUT2D eigenvalue weighted by atomic mass is 16.5. The quantitative estimate of drug-likeness (QED) is 0.758. The maximum absolute atomic E-state index is 11.0. The number of nitrogens with zero attached hydrogens (tertiary/aromatic N) is 4. The Labute approximate surface area is 120 Å². The van der Waals surface area contributed by atoms with E-state index >= 15 is 0 Å². The molecule has 21 heavy (non-hydrogen) atoms. The number of hydrogen-bond donors (Lipinski definition) is 1. The number of aromatic nitrogens is 4. The molecule has 7 heteroatoms. The van der Waals surface area contributed by atoms with Crippen LogP contribution in [-0.2, 0) is 13.1 Å². The largest absolute Gasteiger partial charge is 0.481 e. The minimum atomic E-state index is -0.517. The van der Waals surface area contributed by atoms with E-state index in [9.17, 15) is 4.79 Å². The first-order valence-electron chi connectivity index (χ1n) is 6.49. The highest BCUT2D eigenvalue weighted by molar-refractivity contribution is 5.90. The molecule has 0 bridgehead atoms. The van der Waals surface area contributed by atoms with Crippen LogP contribution >= 0.6 is 0 Å². The number of aryl methyl sites for hydroxylation is 2. The second-order valence-corrected chi connectivity index (χ2v) is 4.62. The first-order valence-corrected chi connectivity index (χ1v) is 6.49. The molecule has 0 saturated carbocycles. The number of fused-ring (bicyclic) bond motifs is 1. The van der Waals surface area contributed by atoms with Gasteiger partial charge in [0.15, 0.2) is 0 Å². The van der Waals surface area contributed by atoms with Crippen LogP contribution in [-0.4, -0.2) is 32.3 Å². The average Bonchev–Trinajstić information content (AvgIpc) is 3.11. The maximum atomic E-state index is 11.0. The number of amides is 1. The van der Waals surface area contributed by atoms with Crippen LogP contribution in [0.4, 0.5) is 0 Å². The SMILES string of the molecule is COc1cc2ccn(CCn3ccc(C(N)=O)n3)c2cn1. The lowest BCUT2D eigenvalue weighted by molar-refractivity contribution is 0.0994. The fourth-order valence-corrected chi connectivity index (χ4v) is 2.20. The molecular formula is C14H15N5O2. The van der Waals surface area contributed by atoms with Crippen molar-refractivity contribution in [1.82, 2.24) is 19.3 Å². The Morgan fingerprint density at radius 3 is 2.90 bits per heavy atom. The van der Waals surface area contributed by atoms with Gasteiger partial charge in [-0.3, -0.25) is 9.48 Å². The van der Waals surface area contributed by atoms with Crippen LogP contribution in [0.15, 0.2) is 36.8 Å². The number of ether oxygens (including phenoxy) is 1. The highest BCUT2D eigenvalue weighted by Gasteiger charge is 2.06. The van der Waals surface area contributed by atoms with E-state index in [1.54, 1.807) is 30.3 Å². The molecule has 2 N–H and O–H groups in total. The number of nitrogens with two attached hydrogens (primary N) is 1. The summed E-state index contributed by atoms with van der Waals surface area (Å²) in [6.07, 6.45) is 5.52. The Morgan fingerprint density at radius 1 is 1.33 bits per heavy atom. The van der Waals surface area contributed by atoms with Gasteiger partial charge >= 0.3 is 0 Å².